The van der Waals surface area contributed by atoms with Crippen LogP contribution in [0.3, 0.4) is 0 Å². The fourth-order valence-corrected chi connectivity index (χ4v) is 0. The van der Waals surface area contributed by atoms with E-state index < -0.39 is 0 Å². The summed E-state index contributed by atoms with van der Waals surface area (Å²) in [6.07, 6.45) is 4.00. The molecule has 0 aromatic rings. The molecule has 5 heavy (non-hydrogen) atoms. The minimum atomic E-state index is 0. The highest BCUT2D eigenvalue weighted by atomic mass is 127. The Morgan fingerprint density at radius 2 is 1.20 bits per heavy atom. The summed E-state index contributed by atoms with van der Waals surface area (Å²) in [5, 5.41) is 0. The molecule has 0 aliphatic rings. The lowest BCUT2D eigenvalue weighted by molar-refractivity contribution is 1.64. The summed E-state index contributed by atoms with van der Waals surface area (Å²) in [4.78, 5) is 0. The minimum absolute atomic E-state index is 0. The van der Waals surface area contributed by atoms with Crippen molar-refractivity contribution in [2.24, 2.45) is 0 Å². The molecule has 0 aliphatic heterocycles. The van der Waals surface area contributed by atoms with Crippen molar-refractivity contribution in [1.82, 2.24) is 0 Å². The second kappa shape index (κ2) is 8.82. The lowest BCUT2D eigenvalue weighted by Crippen LogP contribution is -1.26. The summed E-state index contributed by atoms with van der Waals surface area (Å²) in [6.45, 7) is 4.00. The Balaban J connectivity index is 0. The lowest BCUT2D eigenvalue weighted by atomic mass is 10.6. The number of allylic oxidation sites excluding steroid dienone is 2. The van der Waals surface area contributed by atoms with E-state index in [1.54, 1.807) is 0 Å². The highest BCUT2D eigenvalue weighted by Gasteiger charge is 1.34. The molecule has 0 saturated heterocycles. The average Bonchev–Trinajstić information content (AvgIpc) is 1.37. The fraction of sp³-hybridized carbons (Fsp3) is 0.500. The van der Waals surface area contributed by atoms with Crippen molar-refractivity contribution in [3.8, 4) is 0 Å². The molecule has 0 N–H and O–H groups in total. The van der Waals surface area contributed by atoms with Crippen LogP contribution in [0, 0.1) is 0 Å². The number of hydrogen-bond donors (Lipinski definition) is 0. The van der Waals surface area contributed by atoms with Gasteiger partial charge in [0.05, 0.1) is 0 Å². The van der Waals surface area contributed by atoms with Crippen LogP contribution in [-0.4, -0.2) is 0 Å². The standard InChI is InChI=1S/C4H8.HI/c1-3-4-2;/h3-4H,1-2H3;1H. The van der Waals surface area contributed by atoms with Crippen molar-refractivity contribution in [1.29, 1.82) is 0 Å². The topological polar surface area (TPSA) is 0 Å². The highest BCUT2D eigenvalue weighted by Crippen LogP contribution is 1.57. The maximum Gasteiger partial charge on any atom is -0.0470 e. The van der Waals surface area contributed by atoms with Crippen molar-refractivity contribution < 1.29 is 0 Å². The first-order chi connectivity index (χ1) is 1.91. The lowest BCUT2D eigenvalue weighted by Gasteiger charge is -1.49. The Kier molecular flexibility index (Phi) is 16.0. The Bertz CT molecular complexity index is 18.8. The largest absolute Gasteiger partial charge is 0.107 e. The van der Waals surface area contributed by atoms with E-state index in [2.05, 4.69) is 0 Å². The third kappa shape index (κ3) is 12.6. The van der Waals surface area contributed by atoms with E-state index >= 15 is 0 Å². The van der Waals surface area contributed by atoms with Gasteiger partial charge in [-0.05, 0) is 13.8 Å². The van der Waals surface area contributed by atoms with E-state index in [9.17, 15) is 0 Å². The van der Waals surface area contributed by atoms with Crippen molar-refractivity contribution >= 4 is 24.0 Å². The molecule has 0 amide bonds. The molecule has 0 spiro atoms. The van der Waals surface area contributed by atoms with E-state index in [-0.39, 0.29) is 24.0 Å². The summed E-state index contributed by atoms with van der Waals surface area (Å²) in [6, 6.07) is 0. The zero-order valence-electron chi connectivity index (χ0n) is 3.56. The second-order valence-corrected chi connectivity index (χ2v) is 0.667. The van der Waals surface area contributed by atoms with Gasteiger partial charge in [0.1, 0.15) is 0 Å². The summed E-state index contributed by atoms with van der Waals surface area (Å²) in [5.41, 5.74) is 0. The summed E-state index contributed by atoms with van der Waals surface area (Å²) >= 11 is 0. The quantitative estimate of drug-likeness (QED) is 0.400. The van der Waals surface area contributed by atoms with Crippen LogP contribution in [0.15, 0.2) is 12.2 Å². The van der Waals surface area contributed by atoms with E-state index in [4.69, 9.17) is 0 Å². The molecule has 1 heteroatoms. The summed E-state index contributed by atoms with van der Waals surface area (Å²) in [5.74, 6) is 0. The van der Waals surface area contributed by atoms with Crippen molar-refractivity contribution in [3.63, 3.8) is 0 Å². The molecule has 0 nitrogen and oxygen atoms in total. The zero-order chi connectivity index (χ0) is 3.41. The van der Waals surface area contributed by atoms with Crippen molar-refractivity contribution in [2.45, 2.75) is 13.8 Å². The molecule has 0 radical (unpaired) electrons. The Morgan fingerprint density at radius 1 is 1.00 bits per heavy atom. The summed E-state index contributed by atoms with van der Waals surface area (Å²) < 4.78 is 0. The van der Waals surface area contributed by atoms with Gasteiger partial charge < -0.3 is 0 Å². The maximum absolute atomic E-state index is 2.00. The van der Waals surface area contributed by atoms with Gasteiger partial charge in [-0.2, -0.15) is 0 Å². The smallest absolute Gasteiger partial charge is 0.0470 e. The third-order valence-electron chi connectivity index (χ3n) is 0.333. The van der Waals surface area contributed by atoms with Crippen molar-refractivity contribution in [2.75, 3.05) is 0 Å². The third-order valence-corrected chi connectivity index (χ3v) is 0.333. The zero-order valence-corrected chi connectivity index (χ0v) is 5.89. The van der Waals surface area contributed by atoms with Gasteiger partial charge in [-0.25, -0.2) is 0 Å². The van der Waals surface area contributed by atoms with Gasteiger partial charge >= 0.3 is 0 Å². The highest BCUT2D eigenvalue weighted by molar-refractivity contribution is 14.0. The van der Waals surface area contributed by atoms with Gasteiger partial charge in [0.25, 0.3) is 0 Å². The maximum atomic E-state index is 2.00. The fourth-order valence-electron chi connectivity index (χ4n) is 0. The monoisotopic (exact) mass is 184 g/mol. The molecule has 32 valence electrons. The number of rotatable bonds is 0. The van der Waals surface area contributed by atoms with Crippen LogP contribution < -0.4 is 0 Å². The van der Waals surface area contributed by atoms with E-state index in [1.807, 2.05) is 26.0 Å². The molecular formula is C4H9I. The molecule has 0 heterocycles. The molecule has 0 aromatic carbocycles. The van der Waals surface area contributed by atoms with Crippen LogP contribution in [-0.2, 0) is 0 Å². The normalized spacial score (nSPS) is 7.60. The van der Waals surface area contributed by atoms with Crippen LogP contribution >= 0.6 is 24.0 Å². The first-order valence-electron chi connectivity index (χ1n) is 1.49. The predicted molar refractivity (Wildman–Crippen MR) is 35.9 cm³/mol. The van der Waals surface area contributed by atoms with Crippen LogP contribution in [0.25, 0.3) is 0 Å². The first-order valence-corrected chi connectivity index (χ1v) is 1.49. The van der Waals surface area contributed by atoms with Crippen LogP contribution in [0.4, 0.5) is 0 Å². The molecule has 0 saturated carbocycles. The molecular weight excluding hydrogens is 175 g/mol. The van der Waals surface area contributed by atoms with E-state index in [0.717, 1.165) is 0 Å². The van der Waals surface area contributed by atoms with Crippen LogP contribution in [0.5, 0.6) is 0 Å². The molecule has 0 aromatic heterocycles. The number of hydrogen-bond acceptors (Lipinski definition) is 0. The first kappa shape index (κ1) is 9.08. The number of halogens is 1. The van der Waals surface area contributed by atoms with Gasteiger partial charge in [0, 0.05) is 0 Å². The molecule has 0 aliphatic carbocycles. The molecule has 0 atom stereocenters. The van der Waals surface area contributed by atoms with E-state index in [1.165, 1.54) is 0 Å². The second-order valence-electron chi connectivity index (χ2n) is 0.667. The Morgan fingerprint density at radius 3 is 1.20 bits per heavy atom. The van der Waals surface area contributed by atoms with Crippen LogP contribution in [0.1, 0.15) is 13.8 Å². The minimum Gasteiger partial charge on any atom is -0.107 e. The SMILES string of the molecule is CC=CC.I. The van der Waals surface area contributed by atoms with Crippen molar-refractivity contribution in [3.05, 3.63) is 12.2 Å². The molecule has 0 bridgehead atoms. The van der Waals surface area contributed by atoms with Gasteiger partial charge in [-0.15, -0.1) is 24.0 Å². The van der Waals surface area contributed by atoms with Gasteiger partial charge in [0.15, 0.2) is 0 Å². The van der Waals surface area contributed by atoms with Gasteiger partial charge in [0.2, 0.25) is 0 Å². The van der Waals surface area contributed by atoms with E-state index in [0.29, 0.717) is 0 Å². The average molecular weight is 184 g/mol. The molecule has 0 fully saturated rings. The van der Waals surface area contributed by atoms with Gasteiger partial charge in [-0.1, -0.05) is 12.2 Å². The Labute approximate surface area is 50.3 Å². The molecule has 0 rings (SSSR count). The van der Waals surface area contributed by atoms with Gasteiger partial charge in [-0.3, -0.25) is 0 Å². The van der Waals surface area contributed by atoms with Crippen LogP contribution in [0.2, 0.25) is 0 Å². The Hall–Kier alpha value is 0.470. The molecule has 0 unspecified atom stereocenters. The summed E-state index contributed by atoms with van der Waals surface area (Å²) in [7, 11) is 0. The predicted octanol–water partition coefficient (Wildman–Crippen LogP) is 2.20.